The lowest BCUT2D eigenvalue weighted by atomic mass is 9.66. The second-order valence-electron chi connectivity index (χ2n) is 7.93. The maximum Gasteiger partial charge on any atom is 0.143 e. The van der Waals surface area contributed by atoms with Gasteiger partial charge in [0.05, 0.1) is 0 Å². The molecule has 0 spiro atoms. The summed E-state index contributed by atoms with van der Waals surface area (Å²) in [4.78, 5) is 15.9. The Bertz CT molecular complexity index is 453. The van der Waals surface area contributed by atoms with Gasteiger partial charge in [0, 0.05) is 36.5 Å². The number of piperidine rings is 3. The van der Waals surface area contributed by atoms with E-state index in [0.717, 1.165) is 37.4 Å². The number of hydrogen-bond donors (Lipinski definition) is 2. The Kier molecular flexibility index (Phi) is 2.96. The van der Waals surface area contributed by atoms with Crippen LogP contribution in [0.5, 0.6) is 0 Å². The first kappa shape index (κ1) is 13.0. The molecule has 1 aliphatic carbocycles. The van der Waals surface area contributed by atoms with E-state index in [9.17, 15) is 4.79 Å². The topological polar surface area (TPSA) is 44.4 Å². The molecule has 5 fully saturated rings. The van der Waals surface area contributed by atoms with E-state index in [-0.39, 0.29) is 5.92 Å². The summed E-state index contributed by atoms with van der Waals surface area (Å²) in [5.74, 6) is 2.86. The molecule has 0 aromatic carbocycles. The van der Waals surface area contributed by atoms with Gasteiger partial charge in [-0.05, 0) is 57.2 Å². The lowest BCUT2D eigenvalue weighted by molar-refractivity contribution is -0.143. The Morgan fingerprint density at radius 1 is 0.857 bits per heavy atom. The molecule has 2 N–H and O–H groups in total. The normalized spacial score (nSPS) is 53.0. The van der Waals surface area contributed by atoms with Gasteiger partial charge in [0.2, 0.25) is 0 Å². The lowest BCUT2D eigenvalue weighted by Crippen LogP contribution is -2.65. The van der Waals surface area contributed by atoms with Crippen molar-refractivity contribution in [3.63, 3.8) is 0 Å². The van der Waals surface area contributed by atoms with Crippen LogP contribution in [0, 0.1) is 23.7 Å². The molecule has 5 rings (SSSR count). The molecular formula is C17H27N3O. The minimum absolute atomic E-state index is 0.285. The molecule has 7 unspecified atom stereocenters. The van der Waals surface area contributed by atoms with E-state index in [0.29, 0.717) is 23.8 Å². The van der Waals surface area contributed by atoms with E-state index in [1.54, 1.807) is 0 Å². The lowest BCUT2D eigenvalue weighted by Gasteiger charge is -2.52. The number of carbonyl (C=O) groups excluding carboxylic acids is 1. The summed E-state index contributed by atoms with van der Waals surface area (Å²) in [5, 5.41) is 7.11. The molecular weight excluding hydrogens is 262 g/mol. The van der Waals surface area contributed by atoms with Gasteiger partial charge in [-0.1, -0.05) is 6.42 Å². The van der Waals surface area contributed by atoms with Crippen molar-refractivity contribution in [2.45, 2.75) is 50.2 Å². The van der Waals surface area contributed by atoms with Gasteiger partial charge in [0.25, 0.3) is 0 Å². The summed E-state index contributed by atoms with van der Waals surface area (Å²) >= 11 is 0. The van der Waals surface area contributed by atoms with Crippen molar-refractivity contribution in [2.75, 3.05) is 26.2 Å². The van der Waals surface area contributed by atoms with Gasteiger partial charge in [-0.15, -0.1) is 0 Å². The highest BCUT2D eigenvalue weighted by Crippen LogP contribution is 2.53. The van der Waals surface area contributed by atoms with E-state index in [2.05, 4.69) is 15.5 Å². The third-order valence-electron chi connectivity index (χ3n) is 7.23. The molecule has 0 amide bonds. The molecule has 4 heterocycles. The van der Waals surface area contributed by atoms with E-state index < -0.39 is 0 Å². The Morgan fingerprint density at radius 2 is 1.67 bits per heavy atom. The van der Waals surface area contributed by atoms with Crippen molar-refractivity contribution in [3.05, 3.63) is 0 Å². The molecule has 0 aromatic heterocycles. The first-order valence-electron chi connectivity index (χ1n) is 9.09. The number of rotatable bonds is 0. The molecule has 21 heavy (non-hydrogen) atoms. The quantitative estimate of drug-likeness (QED) is 0.686. The summed E-state index contributed by atoms with van der Waals surface area (Å²) < 4.78 is 0. The zero-order chi connectivity index (χ0) is 14.0. The Labute approximate surface area is 127 Å². The minimum atomic E-state index is 0.285. The standard InChI is InChI=1S/C17H27N3O/c21-17-11-3-1-2-10-12-8-18-6-4-14(12)20(16(10)11)15-5-7-19-9-13(15)17/h10-16,18-19H,1-9H2. The second-order valence-corrected chi connectivity index (χ2v) is 7.93. The number of fused-ring (bicyclic) bond motifs is 5. The van der Waals surface area contributed by atoms with Crippen LogP contribution in [0.15, 0.2) is 0 Å². The average Bonchev–Trinajstić information content (AvgIpc) is 2.88. The molecule has 4 aliphatic heterocycles. The van der Waals surface area contributed by atoms with E-state index >= 15 is 0 Å². The van der Waals surface area contributed by atoms with Crippen LogP contribution in [-0.2, 0) is 4.79 Å². The predicted octanol–water partition coefficient (Wildman–Crippen LogP) is 0.626. The van der Waals surface area contributed by atoms with Gasteiger partial charge in [0.15, 0.2) is 0 Å². The van der Waals surface area contributed by atoms with Gasteiger partial charge in [-0.25, -0.2) is 0 Å². The summed E-state index contributed by atoms with van der Waals surface area (Å²) in [6, 6.07) is 1.91. The third-order valence-corrected chi connectivity index (χ3v) is 7.23. The molecule has 0 aromatic rings. The van der Waals surface area contributed by atoms with Crippen molar-refractivity contribution >= 4 is 5.78 Å². The van der Waals surface area contributed by atoms with Gasteiger partial charge >= 0.3 is 0 Å². The van der Waals surface area contributed by atoms with Crippen molar-refractivity contribution in [1.82, 2.24) is 15.5 Å². The Hall–Kier alpha value is -0.450. The minimum Gasteiger partial charge on any atom is -0.316 e. The average molecular weight is 289 g/mol. The highest BCUT2D eigenvalue weighted by Gasteiger charge is 2.61. The molecule has 4 nitrogen and oxygen atoms in total. The van der Waals surface area contributed by atoms with E-state index in [1.807, 2.05) is 0 Å². The summed E-state index contributed by atoms with van der Waals surface area (Å²) in [6.07, 6.45) is 6.29. The number of Topliss-reactive ketones (excluding diaryl/α,β-unsaturated/α-hetero) is 1. The molecule has 4 saturated heterocycles. The molecule has 4 heteroatoms. The smallest absolute Gasteiger partial charge is 0.143 e. The van der Waals surface area contributed by atoms with Crippen LogP contribution in [0.1, 0.15) is 32.1 Å². The highest BCUT2D eigenvalue weighted by molar-refractivity contribution is 5.86. The number of ketones is 1. The van der Waals surface area contributed by atoms with E-state index in [4.69, 9.17) is 0 Å². The Morgan fingerprint density at radius 3 is 2.57 bits per heavy atom. The van der Waals surface area contributed by atoms with Gasteiger partial charge in [-0.2, -0.15) is 0 Å². The summed E-state index contributed by atoms with van der Waals surface area (Å²) in [6.45, 7) is 4.40. The van der Waals surface area contributed by atoms with Crippen molar-refractivity contribution in [2.24, 2.45) is 23.7 Å². The number of nitrogens with one attached hydrogen (secondary N) is 2. The van der Waals surface area contributed by atoms with Crippen molar-refractivity contribution < 1.29 is 4.79 Å². The van der Waals surface area contributed by atoms with Gasteiger partial charge in [0.1, 0.15) is 5.78 Å². The second kappa shape index (κ2) is 4.77. The number of hydrogen-bond acceptors (Lipinski definition) is 4. The van der Waals surface area contributed by atoms with Crippen LogP contribution in [-0.4, -0.2) is 55.0 Å². The fraction of sp³-hybridized carbons (Fsp3) is 0.941. The molecule has 1 saturated carbocycles. The molecule has 7 atom stereocenters. The fourth-order valence-corrected chi connectivity index (χ4v) is 6.55. The zero-order valence-corrected chi connectivity index (χ0v) is 12.8. The monoisotopic (exact) mass is 289 g/mol. The van der Waals surface area contributed by atoms with Crippen molar-refractivity contribution in [1.29, 1.82) is 0 Å². The van der Waals surface area contributed by atoms with Gasteiger partial charge < -0.3 is 10.6 Å². The van der Waals surface area contributed by atoms with Crippen molar-refractivity contribution in [3.8, 4) is 0 Å². The Balaban J connectivity index is 1.57. The fourth-order valence-electron chi connectivity index (χ4n) is 6.55. The molecule has 0 bridgehead atoms. The van der Waals surface area contributed by atoms with Crippen LogP contribution in [0.2, 0.25) is 0 Å². The zero-order valence-electron chi connectivity index (χ0n) is 12.8. The number of carbonyl (C=O) groups is 1. The van der Waals surface area contributed by atoms with Crippen LogP contribution in [0.4, 0.5) is 0 Å². The number of nitrogens with zero attached hydrogens (tertiary/aromatic N) is 1. The van der Waals surface area contributed by atoms with Crippen LogP contribution < -0.4 is 10.6 Å². The first-order chi connectivity index (χ1) is 10.4. The SMILES string of the molecule is O=C1C2CNCCC2N2C3CCNCC3C3CCCC1C32. The van der Waals surface area contributed by atoms with Crippen LogP contribution in [0.3, 0.4) is 0 Å². The van der Waals surface area contributed by atoms with E-state index in [1.165, 1.54) is 38.8 Å². The predicted molar refractivity (Wildman–Crippen MR) is 81.0 cm³/mol. The summed E-state index contributed by atoms with van der Waals surface area (Å²) in [5.41, 5.74) is 0. The third kappa shape index (κ3) is 1.70. The van der Waals surface area contributed by atoms with Crippen LogP contribution >= 0.6 is 0 Å². The van der Waals surface area contributed by atoms with Crippen LogP contribution in [0.25, 0.3) is 0 Å². The first-order valence-corrected chi connectivity index (χ1v) is 9.09. The summed E-state index contributed by atoms with van der Waals surface area (Å²) in [7, 11) is 0. The molecule has 5 aliphatic rings. The molecule has 0 radical (unpaired) electrons. The molecule has 116 valence electrons. The maximum atomic E-state index is 13.0. The highest BCUT2D eigenvalue weighted by atomic mass is 16.1. The maximum absolute atomic E-state index is 13.0. The van der Waals surface area contributed by atoms with Gasteiger partial charge in [-0.3, -0.25) is 9.69 Å². The largest absolute Gasteiger partial charge is 0.316 e.